The van der Waals surface area contributed by atoms with Crippen molar-refractivity contribution >= 4 is 15.7 Å². The number of hydrogen-bond acceptors (Lipinski definition) is 5. The molecule has 2 aromatic rings. The van der Waals surface area contributed by atoms with Crippen molar-refractivity contribution < 1.29 is 22.7 Å². The first kappa shape index (κ1) is 18.8. The number of carbonyl (C=O) groups excluding carboxylic acids is 1. The molecule has 134 valence electrons. The van der Waals surface area contributed by atoms with E-state index in [1.807, 2.05) is 0 Å². The van der Waals surface area contributed by atoms with Gasteiger partial charge < -0.3 is 14.8 Å². The molecule has 25 heavy (non-hydrogen) atoms. The Morgan fingerprint density at radius 1 is 1.08 bits per heavy atom. The molecule has 0 bridgehead atoms. The van der Waals surface area contributed by atoms with Gasteiger partial charge in [-0.15, -0.1) is 0 Å². The molecule has 0 spiro atoms. The molecule has 0 aliphatic rings. The van der Waals surface area contributed by atoms with Crippen LogP contribution in [0.15, 0.2) is 47.4 Å². The van der Waals surface area contributed by atoms with Gasteiger partial charge in [0.25, 0.3) is 5.91 Å². The maximum absolute atomic E-state index is 12.6. The number of rotatable bonds is 6. The molecule has 2 rings (SSSR count). The van der Waals surface area contributed by atoms with Gasteiger partial charge in [-0.1, -0.05) is 12.1 Å². The molecule has 6 nitrogen and oxygen atoms in total. The summed E-state index contributed by atoms with van der Waals surface area (Å²) < 4.78 is 34.3. The number of hydrogen-bond donors (Lipinski definition) is 1. The van der Waals surface area contributed by atoms with Crippen LogP contribution in [0.1, 0.15) is 28.9 Å². The molecule has 0 heterocycles. The Bertz CT molecular complexity index is 877. The van der Waals surface area contributed by atoms with E-state index in [0.29, 0.717) is 11.5 Å². The van der Waals surface area contributed by atoms with Crippen molar-refractivity contribution in [2.45, 2.75) is 17.9 Å². The Morgan fingerprint density at radius 2 is 1.76 bits per heavy atom. The fraction of sp³-hybridized carbons (Fsp3) is 0.278. The molecule has 0 radical (unpaired) electrons. The first-order valence-corrected chi connectivity index (χ1v) is 9.49. The second-order valence-electron chi connectivity index (χ2n) is 5.57. The lowest BCUT2D eigenvalue weighted by Crippen LogP contribution is -2.28. The van der Waals surface area contributed by atoms with Crippen molar-refractivity contribution in [2.75, 3.05) is 20.5 Å². The molecule has 2 aromatic carbocycles. The summed E-state index contributed by atoms with van der Waals surface area (Å²) in [6, 6.07) is 11.0. The van der Waals surface area contributed by atoms with Crippen LogP contribution in [-0.2, 0) is 9.84 Å². The van der Waals surface area contributed by atoms with Crippen molar-refractivity contribution in [1.82, 2.24) is 5.32 Å². The zero-order valence-corrected chi connectivity index (χ0v) is 15.4. The minimum absolute atomic E-state index is 0.00249. The zero-order valence-electron chi connectivity index (χ0n) is 14.6. The van der Waals surface area contributed by atoms with Crippen molar-refractivity contribution in [3.63, 3.8) is 0 Å². The van der Waals surface area contributed by atoms with Crippen LogP contribution in [0.4, 0.5) is 0 Å². The van der Waals surface area contributed by atoms with Crippen LogP contribution >= 0.6 is 0 Å². The van der Waals surface area contributed by atoms with Gasteiger partial charge in [-0.25, -0.2) is 8.42 Å². The van der Waals surface area contributed by atoms with Crippen LogP contribution in [0.2, 0.25) is 0 Å². The summed E-state index contributed by atoms with van der Waals surface area (Å²) in [5.74, 6) is 0.761. The minimum atomic E-state index is -3.51. The number of ether oxygens (including phenoxy) is 2. The molecule has 1 amide bonds. The van der Waals surface area contributed by atoms with Gasteiger partial charge in [0.15, 0.2) is 9.84 Å². The third-order valence-corrected chi connectivity index (χ3v) is 4.94. The van der Waals surface area contributed by atoms with E-state index < -0.39 is 21.8 Å². The van der Waals surface area contributed by atoms with Crippen LogP contribution in [0, 0.1) is 0 Å². The van der Waals surface area contributed by atoms with Crippen molar-refractivity contribution in [2.24, 2.45) is 0 Å². The topological polar surface area (TPSA) is 81.7 Å². The van der Waals surface area contributed by atoms with E-state index in [9.17, 15) is 13.2 Å². The van der Waals surface area contributed by atoms with E-state index in [0.717, 1.165) is 11.8 Å². The van der Waals surface area contributed by atoms with Gasteiger partial charge in [0.1, 0.15) is 11.5 Å². The molecule has 0 unspecified atom stereocenters. The third-order valence-electron chi connectivity index (χ3n) is 3.78. The molecule has 0 saturated carbocycles. The number of sulfone groups is 1. The fourth-order valence-electron chi connectivity index (χ4n) is 2.51. The molecule has 0 aliphatic heterocycles. The van der Waals surface area contributed by atoms with Crippen LogP contribution in [0.3, 0.4) is 0 Å². The molecule has 1 atom stereocenters. The molecular weight excluding hydrogens is 342 g/mol. The lowest BCUT2D eigenvalue weighted by atomic mass is 10.1. The van der Waals surface area contributed by atoms with Crippen molar-refractivity contribution in [3.8, 4) is 11.5 Å². The molecule has 1 N–H and O–H groups in total. The monoisotopic (exact) mass is 363 g/mol. The van der Waals surface area contributed by atoms with E-state index in [2.05, 4.69) is 5.32 Å². The van der Waals surface area contributed by atoms with E-state index in [4.69, 9.17) is 9.47 Å². The Kier molecular flexibility index (Phi) is 5.69. The van der Waals surface area contributed by atoms with Crippen LogP contribution in [0.5, 0.6) is 11.5 Å². The van der Waals surface area contributed by atoms with Gasteiger partial charge in [-0.05, 0) is 37.3 Å². The average molecular weight is 363 g/mol. The normalized spacial score (nSPS) is 12.3. The standard InChI is InChI=1S/C18H21NO5S/c1-12(15-11-13(23-2)9-10-16(15)24-3)19-18(20)14-7-5-6-8-17(14)25(4,21)22/h5-12H,1-4H3,(H,19,20)/t12-/m1/s1. The maximum atomic E-state index is 12.6. The fourth-order valence-corrected chi connectivity index (χ4v) is 3.39. The largest absolute Gasteiger partial charge is 0.497 e. The summed E-state index contributed by atoms with van der Waals surface area (Å²) in [7, 11) is -0.415. The minimum Gasteiger partial charge on any atom is -0.497 e. The number of amides is 1. The zero-order chi connectivity index (χ0) is 18.6. The van der Waals surface area contributed by atoms with Crippen LogP contribution in [-0.4, -0.2) is 34.8 Å². The number of methoxy groups -OCH3 is 2. The smallest absolute Gasteiger partial charge is 0.253 e. The van der Waals surface area contributed by atoms with Crippen molar-refractivity contribution in [1.29, 1.82) is 0 Å². The van der Waals surface area contributed by atoms with Gasteiger partial charge in [-0.2, -0.15) is 0 Å². The summed E-state index contributed by atoms with van der Waals surface area (Å²) in [4.78, 5) is 12.6. The first-order chi connectivity index (χ1) is 11.8. The molecule has 0 fully saturated rings. The number of benzene rings is 2. The van der Waals surface area contributed by atoms with Crippen LogP contribution < -0.4 is 14.8 Å². The third kappa shape index (κ3) is 4.30. The summed E-state index contributed by atoms with van der Waals surface area (Å²) in [6.45, 7) is 1.79. The SMILES string of the molecule is COc1ccc(OC)c([C@@H](C)NC(=O)c2ccccc2S(C)(=O)=O)c1. The van der Waals surface area contributed by atoms with E-state index in [-0.39, 0.29) is 10.5 Å². The predicted octanol–water partition coefficient (Wildman–Crippen LogP) is 2.60. The Morgan fingerprint density at radius 3 is 2.36 bits per heavy atom. The number of carbonyl (C=O) groups is 1. The quantitative estimate of drug-likeness (QED) is 0.853. The summed E-state index contributed by atoms with van der Waals surface area (Å²) in [5, 5.41) is 2.81. The number of nitrogens with one attached hydrogen (secondary N) is 1. The molecule has 0 aromatic heterocycles. The van der Waals surface area contributed by atoms with Gasteiger partial charge in [-0.3, -0.25) is 4.79 Å². The predicted molar refractivity (Wildman–Crippen MR) is 95.0 cm³/mol. The highest BCUT2D eigenvalue weighted by Gasteiger charge is 2.21. The van der Waals surface area contributed by atoms with Gasteiger partial charge >= 0.3 is 0 Å². The van der Waals surface area contributed by atoms with E-state index in [1.54, 1.807) is 51.5 Å². The summed E-state index contributed by atoms with van der Waals surface area (Å²) in [6.07, 6.45) is 1.08. The second-order valence-corrected chi connectivity index (χ2v) is 7.56. The van der Waals surface area contributed by atoms with Gasteiger partial charge in [0, 0.05) is 11.8 Å². The first-order valence-electron chi connectivity index (χ1n) is 7.59. The highest BCUT2D eigenvalue weighted by atomic mass is 32.2. The highest BCUT2D eigenvalue weighted by molar-refractivity contribution is 7.90. The lowest BCUT2D eigenvalue weighted by molar-refractivity contribution is 0.0936. The van der Waals surface area contributed by atoms with Crippen LogP contribution in [0.25, 0.3) is 0 Å². The average Bonchev–Trinajstić information content (AvgIpc) is 2.60. The molecule has 0 saturated heterocycles. The summed E-state index contributed by atoms with van der Waals surface area (Å²) >= 11 is 0. The Labute approximate surface area is 147 Å². The Hall–Kier alpha value is -2.54. The van der Waals surface area contributed by atoms with E-state index >= 15 is 0 Å². The van der Waals surface area contributed by atoms with Gasteiger partial charge in [0.05, 0.1) is 30.7 Å². The second kappa shape index (κ2) is 7.57. The van der Waals surface area contributed by atoms with E-state index in [1.165, 1.54) is 12.1 Å². The molecule has 0 aliphatic carbocycles. The Balaban J connectivity index is 2.33. The van der Waals surface area contributed by atoms with Crippen molar-refractivity contribution in [3.05, 3.63) is 53.6 Å². The highest BCUT2D eigenvalue weighted by Crippen LogP contribution is 2.29. The summed E-state index contributed by atoms with van der Waals surface area (Å²) in [5.41, 5.74) is 0.839. The lowest BCUT2D eigenvalue weighted by Gasteiger charge is -2.19. The molecule has 7 heteroatoms. The maximum Gasteiger partial charge on any atom is 0.253 e. The molecular formula is C18H21NO5S. The van der Waals surface area contributed by atoms with Gasteiger partial charge in [0.2, 0.25) is 0 Å².